The lowest BCUT2D eigenvalue weighted by atomic mass is 9.82. The number of ether oxygens (including phenoxy) is 1. The van der Waals surface area contributed by atoms with Crippen LogP contribution in [0.15, 0.2) is 12.7 Å². The van der Waals surface area contributed by atoms with Crippen LogP contribution in [0.5, 0.6) is 0 Å². The second kappa shape index (κ2) is 7.78. The van der Waals surface area contributed by atoms with Gasteiger partial charge in [-0.3, -0.25) is 9.59 Å². The molecule has 0 radical (unpaired) electrons. The first-order valence-electron chi connectivity index (χ1n) is 6.94. The number of hydrogen-bond donors (Lipinski definition) is 0. The van der Waals surface area contributed by atoms with E-state index >= 15 is 0 Å². The summed E-state index contributed by atoms with van der Waals surface area (Å²) in [6, 6.07) is 0. The summed E-state index contributed by atoms with van der Waals surface area (Å²) >= 11 is 0. The quantitative estimate of drug-likeness (QED) is 0.243. The summed E-state index contributed by atoms with van der Waals surface area (Å²) in [4.78, 5) is 24.1. The zero-order valence-corrected chi connectivity index (χ0v) is 11.7. The predicted octanol–water partition coefficient (Wildman–Crippen LogP) is 3.04. The van der Waals surface area contributed by atoms with Gasteiger partial charge >= 0.3 is 5.97 Å². The van der Waals surface area contributed by atoms with E-state index in [0.29, 0.717) is 19.3 Å². The Bertz CT molecular complexity index is 400. The summed E-state index contributed by atoms with van der Waals surface area (Å²) in [6.07, 6.45) is 6.55. The molecule has 1 aliphatic carbocycles. The predicted molar refractivity (Wildman–Crippen MR) is 74.4 cm³/mol. The molecule has 1 atom stereocenters. The molecule has 1 saturated carbocycles. The first kappa shape index (κ1) is 15.5. The van der Waals surface area contributed by atoms with Crippen molar-refractivity contribution in [3.63, 3.8) is 0 Å². The van der Waals surface area contributed by atoms with Gasteiger partial charge in [-0.25, -0.2) is 0 Å². The Morgan fingerprint density at radius 2 is 2.32 bits per heavy atom. The van der Waals surface area contributed by atoms with Gasteiger partial charge < -0.3 is 4.74 Å². The minimum absolute atomic E-state index is 0.0219. The molecule has 1 rings (SSSR count). The zero-order chi connectivity index (χ0) is 14.1. The third-order valence-electron chi connectivity index (χ3n) is 3.43. The summed E-state index contributed by atoms with van der Waals surface area (Å²) in [5.74, 6) is 5.58. The number of carbonyl (C=O) groups excluding carboxylic acids is 2. The lowest BCUT2D eigenvalue weighted by molar-refractivity contribution is -0.157. The maximum Gasteiger partial charge on any atom is 0.320 e. The van der Waals surface area contributed by atoms with Crippen LogP contribution >= 0.6 is 0 Å². The maximum atomic E-state index is 12.1. The highest BCUT2D eigenvalue weighted by molar-refractivity contribution is 6.05. The normalized spacial score (nSPS) is 21.6. The molecule has 0 N–H and O–H groups in total. The Balaban J connectivity index is 2.70. The van der Waals surface area contributed by atoms with Crippen molar-refractivity contribution in [2.75, 3.05) is 6.61 Å². The van der Waals surface area contributed by atoms with E-state index in [0.717, 1.165) is 25.7 Å². The van der Waals surface area contributed by atoms with E-state index in [9.17, 15) is 9.59 Å². The average molecular weight is 262 g/mol. The molecule has 0 heterocycles. The van der Waals surface area contributed by atoms with Crippen LogP contribution in [0.4, 0.5) is 0 Å². The molecule has 0 aromatic rings. The molecule has 3 heteroatoms. The van der Waals surface area contributed by atoms with Crippen molar-refractivity contribution in [2.45, 2.75) is 51.9 Å². The summed E-state index contributed by atoms with van der Waals surface area (Å²) in [6.45, 7) is 5.76. The first-order valence-corrected chi connectivity index (χ1v) is 6.94. The maximum absolute atomic E-state index is 12.1. The van der Waals surface area contributed by atoms with E-state index in [1.165, 1.54) is 6.08 Å². The van der Waals surface area contributed by atoms with Crippen LogP contribution in [0.1, 0.15) is 51.9 Å². The molecule has 19 heavy (non-hydrogen) atoms. The van der Waals surface area contributed by atoms with Gasteiger partial charge in [0.2, 0.25) is 0 Å². The van der Waals surface area contributed by atoms with Crippen LogP contribution in [-0.2, 0) is 14.3 Å². The monoisotopic (exact) mass is 262 g/mol. The van der Waals surface area contributed by atoms with Crippen LogP contribution in [-0.4, -0.2) is 18.4 Å². The van der Waals surface area contributed by atoms with Gasteiger partial charge in [-0.2, -0.15) is 0 Å². The van der Waals surface area contributed by atoms with Crippen molar-refractivity contribution in [1.82, 2.24) is 0 Å². The van der Waals surface area contributed by atoms with Crippen molar-refractivity contribution >= 4 is 11.8 Å². The Morgan fingerprint density at radius 1 is 1.53 bits per heavy atom. The van der Waals surface area contributed by atoms with Crippen molar-refractivity contribution in [1.29, 1.82) is 0 Å². The standard InChI is InChI=1S/C16H22O3/c1-3-5-6-7-8-11-16(12-9-10-14(16)17)15(18)19-13-4-2/h4H,2-3,5-6,9-13H2,1H3. The number of hydrogen-bond acceptors (Lipinski definition) is 3. The van der Waals surface area contributed by atoms with E-state index in [4.69, 9.17) is 4.74 Å². The number of ketones is 1. The molecule has 1 fully saturated rings. The lowest BCUT2D eigenvalue weighted by Crippen LogP contribution is -2.36. The third kappa shape index (κ3) is 3.96. The second-order valence-corrected chi connectivity index (χ2v) is 4.88. The summed E-state index contributed by atoms with van der Waals surface area (Å²) in [5, 5.41) is 0. The van der Waals surface area contributed by atoms with Gasteiger partial charge in [0.05, 0.1) is 0 Å². The van der Waals surface area contributed by atoms with Gasteiger partial charge in [0.25, 0.3) is 0 Å². The largest absolute Gasteiger partial charge is 0.461 e. The number of rotatable bonds is 6. The molecule has 104 valence electrons. The van der Waals surface area contributed by atoms with Gasteiger partial charge in [0.15, 0.2) is 5.78 Å². The molecule has 0 aromatic carbocycles. The Labute approximate surface area is 115 Å². The summed E-state index contributed by atoms with van der Waals surface area (Å²) < 4.78 is 5.08. The van der Waals surface area contributed by atoms with Crippen molar-refractivity contribution in [3.8, 4) is 11.8 Å². The van der Waals surface area contributed by atoms with Crippen LogP contribution in [0.3, 0.4) is 0 Å². The van der Waals surface area contributed by atoms with Crippen LogP contribution in [0.25, 0.3) is 0 Å². The fourth-order valence-electron chi connectivity index (χ4n) is 2.24. The molecule has 3 nitrogen and oxygen atoms in total. The van der Waals surface area contributed by atoms with Crippen molar-refractivity contribution < 1.29 is 14.3 Å². The molecular formula is C16H22O3. The van der Waals surface area contributed by atoms with E-state index in [1.54, 1.807) is 0 Å². The van der Waals surface area contributed by atoms with Crippen LogP contribution in [0, 0.1) is 17.3 Å². The SMILES string of the molecule is C=CCOC(=O)C1(CC#CCCCC)CCCC1=O. The highest BCUT2D eigenvalue weighted by Crippen LogP contribution is 2.39. The number of unbranched alkanes of at least 4 members (excludes halogenated alkanes) is 2. The molecule has 0 saturated heterocycles. The summed E-state index contributed by atoms with van der Waals surface area (Å²) in [5.41, 5.74) is -1.01. The van der Waals surface area contributed by atoms with Gasteiger partial charge in [0.1, 0.15) is 12.0 Å². The van der Waals surface area contributed by atoms with Crippen molar-refractivity contribution in [3.05, 3.63) is 12.7 Å². The molecule has 1 aliphatic rings. The van der Waals surface area contributed by atoms with Crippen LogP contribution in [0.2, 0.25) is 0 Å². The Kier molecular flexibility index (Phi) is 6.35. The lowest BCUT2D eigenvalue weighted by Gasteiger charge is -2.22. The summed E-state index contributed by atoms with van der Waals surface area (Å²) in [7, 11) is 0. The Morgan fingerprint density at radius 3 is 2.89 bits per heavy atom. The van der Waals surface area contributed by atoms with Gasteiger partial charge in [-0.15, -0.1) is 11.8 Å². The number of esters is 1. The first-order chi connectivity index (χ1) is 9.17. The van der Waals surface area contributed by atoms with Crippen molar-refractivity contribution in [2.24, 2.45) is 5.41 Å². The van der Waals surface area contributed by atoms with Gasteiger partial charge in [-0.05, 0) is 19.3 Å². The molecule has 0 aliphatic heterocycles. The van der Waals surface area contributed by atoms with E-state index in [2.05, 4.69) is 25.3 Å². The third-order valence-corrected chi connectivity index (χ3v) is 3.43. The van der Waals surface area contributed by atoms with E-state index in [-0.39, 0.29) is 12.4 Å². The molecule has 0 spiro atoms. The highest BCUT2D eigenvalue weighted by Gasteiger charge is 2.49. The van der Waals surface area contributed by atoms with Gasteiger partial charge in [0, 0.05) is 19.3 Å². The molecule has 0 amide bonds. The second-order valence-electron chi connectivity index (χ2n) is 4.88. The highest BCUT2D eigenvalue weighted by atomic mass is 16.5. The fraction of sp³-hybridized carbons (Fsp3) is 0.625. The topological polar surface area (TPSA) is 43.4 Å². The average Bonchev–Trinajstić information content (AvgIpc) is 2.78. The zero-order valence-electron chi connectivity index (χ0n) is 11.7. The van der Waals surface area contributed by atoms with Crippen LogP contribution < -0.4 is 0 Å². The molecule has 0 bridgehead atoms. The molecule has 1 unspecified atom stereocenters. The van der Waals surface area contributed by atoms with E-state index < -0.39 is 11.4 Å². The fourth-order valence-corrected chi connectivity index (χ4v) is 2.24. The number of Topliss-reactive ketones (excluding diaryl/α,β-unsaturated/α-hetero) is 1. The van der Waals surface area contributed by atoms with E-state index in [1.807, 2.05) is 0 Å². The smallest absolute Gasteiger partial charge is 0.320 e. The minimum Gasteiger partial charge on any atom is -0.461 e. The molecule has 0 aromatic heterocycles. The minimum atomic E-state index is -1.01. The Hall–Kier alpha value is -1.56. The number of carbonyl (C=O) groups is 2. The molecular weight excluding hydrogens is 240 g/mol. The van der Waals surface area contributed by atoms with Gasteiger partial charge in [-0.1, -0.05) is 26.0 Å².